The normalized spacial score (nSPS) is 10.9. The molecular formula is C22H20ClNO4. The van der Waals surface area contributed by atoms with Gasteiger partial charge in [0.05, 0.1) is 19.9 Å². The number of hydrogen-bond donors (Lipinski definition) is 1. The second-order valence-corrected chi connectivity index (χ2v) is 6.46. The molecule has 5 nitrogen and oxygen atoms in total. The van der Waals surface area contributed by atoms with E-state index in [1.807, 2.05) is 31.2 Å². The van der Waals surface area contributed by atoms with Crippen LogP contribution in [0.15, 0.2) is 59.0 Å². The van der Waals surface area contributed by atoms with E-state index in [2.05, 4.69) is 5.32 Å². The quantitative estimate of drug-likeness (QED) is 0.552. The third kappa shape index (κ3) is 4.56. The number of amides is 1. The highest BCUT2D eigenvalue weighted by Gasteiger charge is 2.08. The molecule has 3 aromatic rings. The topological polar surface area (TPSA) is 60.7 Å². The molecule has 3 rings (SSSR count). The van der Waals surface area contributed by atoms with Crippen LogP contribution in [0.25, 0.3) is 17.4 Å². The van der Waals surface area contributed by atoms with E-state index in [0.29, 0.717) is 33.7 Å². The summed E-state index contributed by atoms with van der Waals surface area (Å²) in [5.74, 6) is 2.09. The Balaban J connectivity index is 1.70. The zero-order valence-corrected chi connectivity index (χ0v) is 16.5. The average molecular weight is 398 g/mol. The standard InChI is InChI=1S/C22H20ClNO4/c1-14-4-5-15(12-18(14)23)20-10-7-16(28-20)8-11-22(25)24-19-9-6-17(26-2)13-21(19)27-3/h4-13H,1-3H3,(H,24,25)/b11-8+. The van der Waals surface area contributed by atoms with Gasteiger partial charge in [0.1, 0.15) is 23.0 Å². The van der Waals surface area contributed by atoms with E-state index in [1.54, 1.807) is 37.5 Å². The van der Waals surface area contributed by atoms with Gasteiger partial charge in [-0.3, -0.25) is 4.79 Å². The van der Waals surface area contributed by atoms with Crippen LogP contribution in [0.1, 0.15) is 11.3 Å². The number of benzene rings is 2. The number of ether oxygens (including phenoxy) is 2. The Hall–Kier alpha value is -3.18. The Morgan fingerprint density at radius 1 is 1.07 bits per heavy atom. The molecule has 1 aromatic heterocycles. The molecule has 0 fully saturated rings. The number of methoxy groups -OCH3 is 2. The Labute approximate surface area is 168 Å². The first kappa shape index (κ1) is 19.6. The van der Waals surface area contributed by atoms with Crippen LogP contribution in [0.4, 0.5) is 5.69 Å². The van der Waals surface area contributed by atoms with Gasteiger partial charge in [0.2, 0.25) is 5.91 Å². The summed E-state index contributed by atoms with van der Waals surface area (Å²) < 4.78 is 16.2. The average Bonchev–Trinajstić information content (AvgIpc) is 3.18. The van der Waals surface area contributed by atoms with Crippen molar-refractivity contribution in [3.63, 3.8) is 0 Å². The van der Waals surface area contributed by atoms with Crippen LogP contribution in [-0.4, -0.2) is 20.1 Å². The lowest BCUT2D eigenvalue weighted by Gasteiger charge is -2.10. The number of furan rings is 1. The van der Waals surface area contributed by atoms with Crippen molar-refractivity contribution in [2.75, 3.05) is 19.5 Å². The maximum Gasteiger partial charge on any atom is 0.248 e. The van der Waals surface area contributed by atoms with Crippen molar-refractivity contribution in [2.45, 2.75) is 6.92 Å². The first-order valence-corrected chi connectivity index (χ1v) is 8.95. The monoisotopic (exact) mass is 397 g/mol. The fourth-order valence-electron chi connectivity index (χ4n) is 2.58. The maximum absolute atomic E-state index is 12.2. The molecular weight excluding hydrogens is 378 g/mol. The zero-order valence-electron chi connectivity index (χ0n) is 15.8. The number of aryl methyl sites for hydroxylation is 1. The summed E-state index contributed by atoms with van der Waals surface area (Å²) in [5, 5.41) is 3.45. The Bertz CT molecular complexity index is 1020. The maximum atomic E-state index is 12.2. The van der Waals surface area contributed by atoms with E-state index < -0.39 is 0 Å². The van der Waals surface area contributed by atoms with Crippen LogP contribution >= 0.6 is 11.6 Å². The molecule has 0 aliphatic rings. The predicted molar refractivity (Wildman–Crippen MR) is 111 cm³/mol. The molecule has 0 aliphatic heterocycles. The lowest BCUT2D eigenvalue weighted by atomic mass is 10.1. The minimum atomic E-state index is -0.306. The fraction of sp³-hybridized carbons (Fsp3) is 0.136. The number of carbonyl (C=O) groups is 1. The Morgan fingerprint density at radius 3 is 2.61 bits per heavy atom. The molecule has 0 unspecified atom stereocenters. The van der Waals surface area contributed by atoms with Gasteiger partial charge in [0, 0.05) is 22.7 Å². The summed E-state index contributed by atoms with van der Waals surface area (Å²) >= 11 is 6.17. The van der Waals surface area contributed by atoms with Gasteiger partial charge in [-0.05, 0) is 48.9 Å². The third-order valence-electron chi connectivity index (χ3n) is 4.15. The van der Waals surface area contributed by atoms with Crippen molar-refractivity contribution in [1.82, 2.24) is 0 Å². The number of anilines is 1. The van der Waals surface area contributed by atoms with Gasteiger partial charge in [-0.15, -0.1) is 0 Å². The van der Waals surface area contributed by atoms with Gasteiger partial charge in [0.25, 0.3) is 0 Å². The van der Waals surface area contributed by atoms with Crippen LogP contribution in [-0.2, 0) is 4.79 Å². The second kappa shape index (κ2) is 8.67. The Kier molecular flexibility index (Phi) is 6.06. The molecule has 2 aromatic carbocycles. The van der Waals surface area contributed by atoms with Crippen molar-refractivity contribution in [3.8, 4) is 22.8 Å². The molecule has 28 heavy (non-hydrogen) atoms. The highest BCUT2D eigenvalue weighted by atomic mass is 35.5. The highest BCUT2D eigenvalue weighted by molar-refractivity contribution is 6.31. The largest absolute Gasteiger partial charge is 0.497 e. The minimum Gasteiger partial charge on any atom is -0.497 e. The van der Waals surface area contributed by atoms with Crippen LogP contribution in [0, 0.1) is 6.92 Å². The molecule has 0 bridgehead atoms. The first-order chi connectivity index (χ1) is 13.5. The number of halogens is 1. The summed E-state index contributed by atoms with van der Waals surface area (Å²) in [6.45, 7) is 1.94. The van der Waals surface area contributed by atoms with Crippen LogP contribution in [0.5, 0.6) is 11.5 Å². The van der Waals surface area contributed by atoms with Gasteiger partial charge in [0.15, 0.2) is 0 Å². The summed E-state index contributed by atoms with van der Waals surface area (Å²) in [5.41, 5.74) is 2.43. The number of nitrogens with one attached hydrogen (secondary N) is 1. The van der Waals surface area contributed by atoms with Crippen molar-refractivity contribution in [1.29, 1.82) is 0 Å². The van der Waals surface area contributed by atoms with E-state index in [0.717, 1.165) is 11.1 Å². The molecule has 0 radical (unpaired) electrons. The molecule has 0 aliphatic carbocycles. The zero-order chi connectivity index (χ0) is 20.1. The molecule has 1 amide bonds. The van der Waals surface area contributed by atoms with Crippen LogP contribution < -0.4 is 14.8 Å². The molecule has 1 N–H and O–H groups in total. The lowest BCUT2D eigenvalue weighted by Crippen LogP contribution is -2.08. The predicted octanol–water partition coefficient (Wildman–Crippen LogP) is 5.58. The van der Waals surface area contributed by atoms with Gasteiger partial charge < -0.3 is 19.2 Å². The number of hydrogen-bond acceptors (Lipinski definition) is 4. The molecule has 0 atom stereocenters. The van der Waals surface area contributed by atoms with E-state index in [1.165, 1.54) is 13.2 Å². The molecule has 0 saturated heterocycles. The molecule has 0 saturated carbocycles. The van der Waals surface area contributed by atoms with Gasteiger partial charge in [-0.2, -0.15) is 0 Å². The van der Waals surface area contributed by atoms with Crippen molar-refractivity contribution in [3.05, 3.63) is 71.0 Å². The first-order valence-electron chi connectivity index (χ1n) is 8.57. The summed E-state index contributed by atoms with van der Waals surface area (Å²) in [6.07, 6.45) is 3.00. The van der Waals surface area contributed by atoms with Crippen LogP contribution in [0.3, 0.4) is 0 Å². The van der Waals surface area contributed by atoms with Crippen molar-refractivity contribution < 1.29 is 18.7 Å². The molecule has 1 heterocycles. The summed E-state index contributed by atoms with van der Waals surface area (Å²) in [7, 11) is 3.10. The number of carbonyl (C=O) groups excluding carboxylic acids is 1. The molecule has 144 valence electrons. The van der Waals surface area contributed by atoms with Crippen LogP contribution in [0.2, 0.25) is 5.02 Å². The van der Waals surface area contributed by atoms with E-state index in [4.69, 9.17) is 25.5 Å². The third-order valence-corrected chi connectivity index (χ3v) is 4.56. The molecule has 0 spiro atoms. The second-order valence-electron chi connectivity index (χ2n) is 6.05. The SMILES string of the molecule is COc1ccc(NC(=O)/C=C/c2ccc(-c3ccc(C)c(Cl)c3)o2)c(OC)c1. The van der Waals surface area contributed by atoms with Crippen molar-refractivity contribution >= 4 is 29.3 Å². The summed E-state index contributed by atoms with van der Waals surface area (Å²) in [4.78, 5) is 12.2. The molecule has 6 heteroatoms. The van der Waals surface area contributed by atoms with Gasteiger partial charge in [-0.1, -0.05) is 23.7 Å². The van der Waals surface area contributed by atoms with Gasteiger partial charge in [-0.25, -0.2) is 0 Å². The minimum absolute atomic E-state index is 0.306. The fourth-order valence-corrected chi connectivity index (χ4v) is 2.76. The number of rotatable bonds is 6. The van der Waals surface area contributed by atoms with Crippen molar-refractivity contribution in [2.24, 2.45) is 0 Å². The highest BCUT2D eigenvalue weighted by Crippen LogP contribution is 2.29. The van der Waals surface area contributed by atoms with E-state index in [-0.39, 0.29) is 5.91 Å². The van der Waals surface area contributed by atoms with E-state index in [9.17, 15) is 4.79 Å². The summed E-state index contributed by atoms with van der Waals surface area (Å²) in [6, 6.07) is 14.5. The van der Waals surface area contributed by atoms with Gasteiger partial charge >= 0.3 is 0 Å². The smallest absolute Gasteiger partial charge is 0.248 e. The van der Waals surface area contributed by atoms with E-state index >= 15 is 0 Å². The Morgan fingerprint density at radius 2 is 1.89 bits per heavy atom. The lowest BCUT2D eigenvalue weighted by molar-refractivity contribution is -0.111.